The number of carboxylic acids is 1. The minimum absolute atomic E-state index is 0.0395. The van der Waals surface area contributed by atoms with Crippen LogP contribution in [-0.4, -0.2) is 44.8 Å². The smallest absolute Gasteiger partial charge is 0.407 e. The molecule has 0 radical (unpaired) electrons. The molecule has 3 aromatic rings. The molecule has 1 amide bonds. The molecule has 0 saturated heterocycles. The van der Waals surface area contributed by atoms with Crippen LogP contribution in [0.3, 0.4) is 0 Å². The van der Waals surface area contributed by atoms with Gasteiger partial charge in [0.1, 0.15) is 17.2 Å². The molecule has 3 N–H and O–H groups in total. The summed E-state index contributed by atoms with van der Waals surface area (Å²) in [5.41, 5.74) is 1.18. The molecule has 1 aromatic heterocycles. The number of carbonyl (C=O) groups excluding carboxylic acids is 1. The van der Waals surface area contributed by atoms with E-state index in [1.807, 2.05) is 32.0 Å². The molecule has 1 unspecified atom stereocenters. The van der Waals surface area contributed by atoms with E-state index < -0.39 is 28.1 Å². The number of ether oxygens (including phenoxy) is 1. The number of para-hydroxylation sites is 1. The van der Waals surface area contributed by atoms with Crippen LogP contribution in [0.4, 0.5) is 4.79 Å². The van der Waals surface area contributed by atoms with Gasteiger partial charge in [0.2, 0.25) is 10.0 Å². The number of furan rings is 1. The fourth-order valence-electron chi connectivity index (χ4n) is 3.32. The van der Waals surface area contributed by atoms with Crippen LogP contribution in [0.5, 0.6) is 0 Å². The summed E-state index contributed by atoms with van der Waals surface area (Å²) >= 11 is 0. The SMILES string of the molecule is CC(C)COC(=O)NCCCCC(NS(=O)(=O)c1ccc2oc3ccccc3c2c1)C(=O)O. The van der Waals surface area contributed by atoms with E-state index >= 15 is 0 Å². The van der Waals surface area contributed by atoms with Crippen molar-refractivity contribution < 1.29 is 32.3 Å². The van der Waals surface area contributed by atoms with Gasteiger partial charge in [0.05, 0.1) is 11.5 Å². The third-order valence-corrected chi connectivity index (χ3v) is 6.46. The quantitative estimate of drug-likeness (QED) is 0.358. The highest BCUT2D eigenvalue weighted by Gasteiger charge is 2.25. The van der Waals surface area contributed by atoms with Crippen molar-refractivity contribution in [3.8, 4) is 0 Å². The lowest BCUT2D eigenvalue weighted by atomic mass is 10.1. The third kappa shape index (κ3) is 6.45. The zero-order valence-corrected chi connectivity index (χ0v) is 19.4. The minimum Gasteiger partial charge on any atom is -0.480 e. The molecular weight excluding hydrogens is 448 g/mol. The average Bonchev–Trinajstić information content (AvgIpc) is 3.14. The van der Waals surface area contributed by atoms with E-state index in [2.05, 4.69) is 10.0 Å². The molecule has 0 spiro atoms. The fourth-order valence-corrected chi connectivity index (χ4v) is 4.57. The van der Waals surface area contributed by atoms with E-state index in [1.54, 1.807) is 12.1 Å². The minimum atomic E-state index is -4.08. The predicted molar refractivity (Wildman–Crippen MR) is 124 cm³/mol. The highest BCUT2D eigenvalue weighted by atomic mass is 32.2. The van der Waals surface area contributed by atoms with Crippen LogP contribution < -0.4 is 10.0 Å². The largest absolute Gasteiger partial charge is 0.480 e. The van der Waals surface area contributed by atoms with Crippen LogP contribution in [0.25, 0.3) is 21.9 Å². The Kier molecular flexibility index (Phi) is 7.93. The molecule has 2 aromatic carbocycles. The molecule has 9 nitrogen and oxygen atoms in total. The molecule has 0 aliphatic rings. The molecule has 10 heteroatoms. The van der Waals surface area contributed by atoms with Crippen molar-refractivity contribution in [1.82, 2.24) is 10.0 Å². The fraction of sp³-hybridized carbons (Fsp3) is 0.391. The van der Waals surface area contributed by atoms with Crippen LogP contribution >= 0.6 is 0 Å². The van der Waals surface area contributed by atoms with Gasteiger partial charge in [-0.3, -0.25) is 4.79 Å². The van der Waals surface area contributed by atoms with E-state index in [0.717, 1.165) is 5.39 Å². The summed E-state index contributed by atoms with van der Waals surface area (Å²) in [7, 11) is -4.08. The number of sulfonamides is 1. The van der Waals surface area contributed by atoms with Gasteiger partial charge in [0, 0.05) is 17.3 Å². The van der Waals surface area contributed by atoms with Crippen molar-refractivity contribution in [3.05, 3.63) is 42.5 Å². The van der Waals surface area contributed by atoms with E-state index in [1.165, 1.54) is 12.1 Å². The van der Waals surface area contributed by atoms with Crippen molar-refractivity contribution >= 4 is 44.0 Å². The Morgan fingerprint density at radius 2 is 1.79 bits per heavy atom. The lowest BCUT2D eigenvalue weighted by Gasteiger charge is -2.15. The van der Waals surface area contributed by atoms with Gasteiger partial charge in [0.25, 0.3) is 0 Å². The second kappa shape index (κ2) is 10.7. The number of alkyl carbamates (subject to hydrolysis) is 1. The number of carboxylic acid groups (broad SMARTS) is 1. The molecule has 1 heterocycles. The number of unbranched alkanes of at least 4 members (excludes halogenated alkanes) is 1. The van der Waals surface area contributed by atoms with Gasteiger partial charge < -0.3 is 19.6 Å². The molecule has 0 aliphatic carbocycles. The standard InChI is InChI=1S/C23H28N2O7S/c1-15(2)14-31-23(28)24-12-6-5-8-19(22(26)27)25-33(29,30)16-10-11-21-18(13-16)17-7-3-4-9-20(17)32-21/h3-4,7,9-11,13,15,19,25H,5-6,8,12,14H2,1-2H3,(H,24,28)(H,26,27). The summed E-state index contributed by atoms with van der Waals surface area (Å²) in [5, 5.41) is 13.5. The normalized spacial score (nSPS) is 12.8. The Balaban J connectivity index is 1.60. The first-order chi connectivity index (χ1) is 15.7. The van der Waals surface area contributed by atoms with Crippen LogP contribution in [-0.2, 0) is 19.6 Å². The molecule has 178 valence electrons. The van der Waals surface area contributed by atoms with E-state index in [0.29, 0.717) is 42.5 Å². The maximum atomic E-state index is 12.9. The second-order valence-corrected chi connectivity index (χ2v) is 9.90. The van der Waals surface area contributed by atoms with Gasteiger partial charge in [0.15, 0.2) is 0 Å². The summed E-state index contributed by atoms with van der Waals surface area (Å²) in [6, 6.07) is 10.4. The Labute approximate surface area is 192 Å². The third-order valence-electron chi connectivity index (χ3n) is 4.99. The molecule has 3 rings (SSSR count). The number of hydrogen-bond acceptors (Lipinski definition) is 6. The van der Waals surface area contributed by atoms with E-state index in [4.69, 9.17) is 9.15 Å². The van der Waals surface area contributed by atoms with Gasteiger partial charge in [-0.05, 0) is 49.4 Å². The molecule has 0 fully saturated rings. The molecule has 0 saturated carbocycles. The van der Waals surface area contributed by atoms with Crippen molar-refractivity contribution in [2.75, 3.05) is 13.2 Å². The number of benzene rings is 2. The lowest BCUT2D eigenvalue weighted by Crippen LogP contribution is -2.40. The Morgan fingerprint density at radius 3 is 2.52 bits per heavy atom. The summed E-state index contributed by atoms with van der Waals surface area (Å²) < 4.78 is 38.7. The Hall–Kier alpha value is -3.11. The maximum Gasteiger partial charge on any atom is 0.407 e. The first-order valence-electron chi connectivity index (χ1n) is 10.7. The maximum absolute atomic E-state index is 12.9. The zero-order valence-electron chi connectivity index (χ0n) is 18.5. The lowest BCUT2D eigenvalue weighted by molar-refractivity contribution is -0.139. The van der Waals surface area contributed by atoms with E-state index in [9.17, 15) is 23.1 Å². The van der Waals surface area contributed by atoms with Crippen molar-refractivity contribution in [2.24, 2.45) is 5.92 Å². The molecular formula is C23H28N2O7S. The van der Waals surface area contributed by atoms with Crippen LogP contribution in [0.1, 0.15) is 33.1 Å². The monoisotopic (exact) mass is 476 g/mol. The zero-order chi connectivity index (χ0) is 24.0. The first-order valence-corrected chi connectivity index (χ1v) is 12.2. The molecule has 0 bridgehead atoms. The number of fused-ring (bicyclic) bond motifs is 3. The highest BCUT2D eigenvalue weighted by molar-refractivity contribution is 7.89. The van der Waals surface area contributed by atoms with Gasteiger partial charge >= 0.3 is 12.1 Å². The van der Waals surface area contributed by atoms with Crippen LogP contribution in [0.15, 0.2) is 51.8 Å². The van der Waals surface area contributed by atoms with Gasteiger partial charge in [-0.2, -0.15) is 4.72 Å². The van der Waals surface area contributed by atoms with Crippen LogP contribution in [0, 0.1) is 5.92 Å². The molecule has 1 atom stereocenters. The second-order valence-electron chi connectivity index (χ2n) is 8.18. The van der Waals surface area contributed by atoms with Crippen molar-refractivity contribution in [1.29, 1.82) is 0 Å². The Bertz CT molecular complexity index is 1230. The molecule has 33 heavy (non-hydrogen) atoms. The topological polar surface area (TPSA) is 135 Å². The molecule has 0 aliphatic heterocycles. The van der Waals surface area contributed by atoms with Crippen molar-refractivity contribution in [2.45, 2.75) is 44.0 Å². The number of rotatable bonds is 11. The number of carbonyl (C=O) groups is 2. The van der Waals surface area contributed by atoms with E-state index in [-0.39, 0.29) is 17.2 Å². The summed E-state index contributed by atoms with van der Waals surface area (Å²) in [4.78, 5) is 23.1. The number of nitrogens with one attached hydrogen (secondary N) is 2. The highest BCUT2D eigenvalue weighted by Crippen LogP contribution is 2.30. The number of amides is 1. The first kappa shape index (κ1) is 24.5. The van der Waals surface area contributed by atoms with Gasteiger partial charge in [-0.1, -0.05) is 32.0 Å². The number of aliphatic carboxylic acids is 1. The summed E-state index contributed by atoms with van der Waals surface area (Å²) in [5.74, 6) is -1.04. The predicted octanol–water partition coefficient (Wildman–Crippen LogP) is 3.87. The summed E-state index contributed by atoms with van der Waals surface area (Å²) in [6.07, 6.45) is 0.431. The summed E-state index contributed by atoms with van der Waals surface area (Å²) in [6.45, 7) is 4.47. The Morgan fingerprint density at radius 1 is 1.06 bits per heavy atom. The van der Waals surface area contributed by atoms with Gasteiger partial charge in [-0.25, -0.2) is 13.2 Å². The van der Waals surface area contributed by atoms with Gasteiger partial charge in [-0.15, -0.1) is 0 Å². The number of hydrogen-bond donors (Lipinski definition) is 3. The van der Waals surface area contributed by atoms with Crippen molar-refractivity contribution in [3.63, 3.8) is 0 Å². The van der Waals surface area contributed by atoms with Crippen LogP contribution in [0.2, 0.25) is 0 Å². The average molecular weight is 477 g/mol.